The summed E-state index contributed by atoms with van der Waals surface area (Å²) in [5, 5.41) is 5.90. The van der Waals surface area contributed by atoms with Gasteiger partial charge in [0.2, 0.25) is 5.91 Å². The maximum absolute atomic E-state index is 12.6. The summed E-state index contributed by atoms with van der Waals surface area (Å²) in [7, 11) is 0. The van der Waals surface area contributed by atoms with Crippen LogP contribution in [0.4, 0.5) is 5.69 Å². The predicted molar refractivity (Wildman–Crippen MR) is 108 cm³/mol. The molecule has 0 spiro atoms. The van der Waals surface area contributed by atoms with Crippen LogP contribution in [0.3, 0.4) is 0 Å². The maximum Gasteiger partial charge on any atom is 0.253 e. The van der Waals surface area contributed by atoms with Gasteiger partial charge in [-0.1, -0.05) is 49.4 Å². The Hall–Kier alpha value is -2.66. The molecule has 1 saturated carbocycles. The molecule has 1 aliphatic rings. The second-order valence-electron chi connectivity index (χ2n) is 7.04. The molecule has 0 unspecified atom stereocenters. The van der Waals surface area contributed by atoms with Crippen molar-refractivity contribution in [1.29, 1.82) is 0 Å². The summed E-state index contributed by atoms with van der Waals surface area (Å²) >= 11 is 0. The minimum Gasteiger partial charge on any atom is -0.349 e. The molecule has 2 aromatic rings. The number of hydrogen-bond acceptors (Lipinski definition) is 3. The Morgan fingerprint density at radius 1 is 1.04 bits per heavy atom. The molecule has 1 aliphatic carbocycles. The van der Waals surface area contributed by atoms with Crippen LogP contribution >= 0.6 is 0 Å². The average Bonchev–Trinajstić information content (AvgIpc) is 3.47. The summed E-state index contributed by atoms with van der Waals surface area (Å²) in [6, 6.07) is 17.6. The van der Waals surface area contributed by atoms with E-state index in [9.17, 15) is 9.59 Å². The van der Waals surface area contributed by atoms with Crippen LogP contribution in [0, 0.1) is 0 Å². The molecule has 3 rings (SSSR count). The molecule has 27 heavy (non-hydrogen) atoms. The third-order valence-corrected chi connectivity index (χ3v) is 4.51. The molecule has 0 saturated heterocycles. The van der Waals surface area contributed by atoms with Crippen molar-refractivity contribution in [3.05, 3.63) is 65.7 Å². The average molecular weight is 365 g/mol. The molecule has 2 amide bonds. The lowest BCUT2D eigenvalue weighted by molar-refractivity contribution is -0.117. The molecule has 2 aromatic carbocycles. The predicted octanol–water partition coefficient (Wildman–Crippen LogP) is 3.43. The van der Waals surface area contributed by atoms with Crippen LogP contribution < -0.4 is 10.6 Å². The molecule has 142 valence electrons. The minimum atomic E-state index is -0.122. The van der Waals surface area contributed by atoms with Crippen molar-refractivity contribution >= 4 is 17.5 Å². The number of amides is 2. The highest BCUT2D eigenvalue weighted by atomic mass is 16.2. The van der Waals surface area contributed by atoms with Crippen molar-refractivity contribution in [2.24, 2.45) is 0 Å². The molecule has 2 N–H and O–H groups in total. The third kappa shape index (κ3) is 5.93. The number of hydrogen-bond donors (Lipinski definition) is 2. The number of benzene rings is 2. The van der Waals surface area contributed by atoms with E-state index in [1.54, 1.807) is 12.1 Å². The second-order valence-corrected chi connectivity index (χ2v) is 7.04. The van der Waals surface area contributed by atoms with Crippen molar-refractivity contribution in [3.63, 3.8) is 0 Å². The van der Waals surface area contributed by atoms with Crippen molar-refractivity contribution in [3.8, 4) is 0 Å². The molecule has 0 bridgehead atoms. The highest BCUT2D eigenvalue weighted by Crippen LogP contribution is 2.21. The van der Waals surface area contributed by atoms with Gasteiger partial charge in [-0.25, -0.2) is 0 Å². The zero-order chi connectivity index (χ0) is 19.1. The number of nitrogens with one attached hydrogen (secondary N) is 2. The summed E-state index contributed by atoms with van der Waals surface area (Å²) in [6.45, 7) is 3.97. The fraction of sp³-hybridized carbons (Fsp3) is 0.364. The van der Waals surface area contributed by atoms with Crippen molar-refractivity contribution in [1.82, 2.24) is 10.2 Å². The molecule has 1 fully saturated rings. The summed E-state index contributed by atoms with van der Waals surface area (Å²) in [5.41, 5.74) is 2.27. The second kappa shape index (κ2) is 9.33. The molecular weight excluding hydrogens is 338 g/mol. The zero-order valence-electron chi connectivity index (χ0n) is 15.8. The summed E-state index contributed by atoms with van der Waals surface area (Å²) in [4.78, 5) is 27.1. The van der Waals surface area contributed by atoms with Gasteiger partial charge in [0.1, 0.15) is 0 Å². The molecule has 0 radical (unpaired) electrons. The van der Waals surface area contributed by atoms with E-state index < -0.39 is 0 Å². The van der Waals surface area contributed by atoms with Crippen LogP contribution in [0.1, 0.15) is 42.1 Å². The molecule has 5 nitrogen and oxygen atoms in total. The molecular formula is C22H27N3O2. The van der Waals surface area contributed by atoms with Crippen LogP contribution in [0.15, 0.2) is 54.6 Å². The summed E-state index contributed by atoms with van der Waals surface area (Å²) < 4.78 is 0. The van der Waals surface area contributed by atoms with Gasteiger partial charge in [0, 0.05) is 12.6 Å². The normalized spacial score (nSPS) is 13.4. The standard InChI is InChI=1S/C22H27N3O2/c1-2-14-25(15-17-8-4-3-5-9-17)16-21(26)24-20-11-7-6-10-19(20)22(27)23-18-12-13-18/h3-11,18H,2,12-16H2,1H3,(H,23,27)(H,24,26). The van der Waals surface area contributed by atoms with E-state index in [0.717, 1.165) is 32.4 Å². The van der Waals surface area contributed by atoms with Crippen molar-refractivity contribution < 1.29 is 9.59 Å². The topological polar surface area (TPSA) is 61.4 Å². The van der Waals surface area contributed by atoms with E-state index in [-0.39, 0.29) is 17.9 Å². The van der Waals surface area contributed by atoms with Gasteiger partial charge in [0.25, 0.3) is 5.91 Å². The van der Waals surface area contributed by atoms with Gasteiger partial charge >= 0.3 is 0 Å². The first-order valence-electron chi connectivity index (χ1n) is 9.61. The Morgan fingerprint density at radius 3 is 2.44 bits per heavy atom. The van der Waals surface area contributed by atoms with E-state index in [2.05, 4.69) is 34.6 Å². The maximum atomic E-state index is 12.6. The Labute approximate surface area is 160 Å². The first-order valence-corrected chi connectivity index (χ1v) is 9.61. The SMILES string of the molecule is CCCN(CC(=O)Nc1ccccc1C(=O)NC1CC1)Cc1ccccc1. The third-order valence-electron chi connectivity index (χ3n) is 4.51. The lowest BCUT2D eigenvalue weighted by Crippen LogP contribution is -2.34. The summed E-state index contributed by atoms with van der Waals surface area (Å²) in [5.74, 6) is -0.228. The monoisotopic (exact) mass is 365 g/mol. The first-order chi connectivity index (χ1) is 13.2. The number of carbonyl (C=O) groups is 2. The van der Waals surface area contributed by atoms with Crippen LogP contribution in [0.2, 0.25) is 0 Å². The number of carbonyl (C=O) groups excluding carboxylic acids is 2. The number of para-hydroxylation sites is 1. The van der Waals surface area contributed by atoms with Crippen LogP contribution in [-0.4, -0.2) is 35.8 Å². The molecule has 0 atom stereocenters. The van der Waals surface area contributed by atoms with Gasteiger partial charge in [0.15, 0.2) is 0 Å². The Balaban J connectivity index is 1.62. The Bertz CT molecular complexity index is 772. The smallest absolute Gasteiger partial charge is 0.253 e. The molecule has 0 heterocycles. The zero-order valence-corrected chi connectivity index (χ0v) is 15.8. The van der Waals surface area contributed by atoms with E-state index in [1.165, 1.54) is 5.56 Å². The van der Waals surface area contributed by atoms with E-state index >= 15 is 0 Å². The molecule has 5 heteroatoms. The largest absolute Gasteiger partial charge is 0.349 e. The Kier molecular flexibility index (Phi) is 6.60. The van der Waals surface area contributed by atoms with Crippen LogP contribution in [0.25, 0.3) is 0 Å². The minimum absolute atomic E-state index is 0.106. The van der Waals surface area contributed by atoms with Gasteiger partial charge in [-0.15, -0.1) is 0 Å². The van der Waals surface area contributed by atoms with Gasteiger partial charge in [-0.05, 0) is 43.5 Å². The van der Waals surface area contributed by atoms with Gasteiger partial charge in [0.05, 0.1) is 17.8 Å². The molecule has 0 aromatic heterocycles. The fourth-order valence-electron chi connectivity index (χ4n) is 3.05. The summed E-state index contributed by atoms with van der Waals surface area (Å²) in [6.07, 6.45) is 3.04. The number of anilines is 1. The van der Waals surface area contributed by atoms with Gasteiger partial charge in [-0.3, -0.25) is 14.5 Å². The van der Waals surface area contributed by atoms with Gasteiger partial charge < -0.3 is 10.6 Å². The number of nitrogens with zero attached hydrogens (tertiary/aromatic N) is 1. The highest BCUT2D eigenvalue weighted by Gasteiger charge is 2.25. The highest BCUT2D eigenvalue weighted by molar-refractivity contribution is 6.04. The van der Waals surface area contributed by atoms with Crippen LogP contribution in [0.5, 0.6) is 0 Å². The Morgan fingerprint density at radius 2 is 1.74 bits per heavy atom. The van der Waals surface area contributed by atoms with E-state index in [0.29, 0.717) is 17.8 Å². The first kappa shape index (κ1) is 19.1. The van der Waals surface area contributed by atoms with E-state index in [4.69, 9.17) is 0 Å². The van der Waals surface area contributed by atoms with Gasteiger partial charge in [-0.2, -0.15) is 0 Å². The fourth-order valence-corrected chi connectivity index (χ4v) is 3.05. The lowest BCUT2D eigenvalue weighted by atomic mass is 10.1. The van der Waals surface area contributed by atoms with Crippen molar-refractivity contribution in [2.45, 2.75) is 38.8 Å². The van der Waals surface area contributed by atoms with E-state index in [1.807, 2.05) is 30.3 Å². The quantitative estimate of drug-likeness (QED) is 0.716. The lowest BCUT2D eigenvalue weighted by Gasteiger charge is -2.21. The number of rotatable bonds is 9. The molecule has 0 aliphatic heterocycles. The van der Waals surface area contributed by atoms with Crippen molar-refractivity contribution in [2.75, 3.05) is 18.4 Å². The van der Waals surface area contributed by atoms with Crippen LogP contribution in [-0.2, 0) is 11.3 Å².